The van der Waals surface area contributed by atoms with Crippen LogP contribution in [0.2, 0.25) is 0 Å². The van der Waals surface area contributed by atoms with Crippen molar-refractivity contribution in [3.63, 3.8) is 0 Å². The van der Waals surface area contributed by atoms with Gasteiger partial charge in [-0.3, -0.25) is 0 Å². The first kappa shape index (κ1) is 10.0. The van der Waals surface area contributed by atoms with E-state index in [1.807, 2.05) is 12.1 Å². The zero-order valence-corrected chi connectivity index (χ0v) is 9.25. The van der Waals surface area contributed by atoms with Gasteiger partial charge in [-0.1, -0.05) is 24.3 Å². The van der Waals surface area contributed by atoms with E-state index in [-0.39, 0.29) is 5.03 Å². The largest absolute Gasteiger partial charge is 0.222 e. The Labute approximate surface area is 87.9 Å². The van der Waals surface area contributed by atoms with Crippen molar-refractivity contribution in [3.8, 4) is 0 Å². The molecule has 0 radical (unpaired) electrons. The molecular formula is C10H10N2O2S. The summed E-state index contributed by atoms with van der Waals surface area (Å²) in [5.74, 6) is 0. The number of nitrogens with zero attached hydrogens (tertiary/aromatic N) is 2. The van der Waals surface area contributed by atoms with E-state index in [1.54, 1.807) is 19.1 Å². The zero-order valence-electron chi connectivity index (χ0n) is 8.43. The molecule has 0 unspecified atom stereocenters. The molecule has 1 aromatic heterocycles. The van der Waals surface area contributed by atoms with Crippen molar-refractivity contribution < 1.29 is 8.42 Å². The van der Waals surface area contributed by atoms with Crippen LogP contribution < -0.4 is 0 Å². The standard InChI is InChI=1S/C10H10N2O2S/c1-7-8-5-3-4-6-9(8)10(12-11-7)15(2,13)14/h3-6H,1-2H3. The summed E-state index contributed by atoms with van der Waals surface area (Å²) in [6.45, 7) is 1.81. The van der Waals surface area contributed by atoms with Crippen LogP contribution in [-0.4, -0.2) is 24.9 Å². The van der Waals surface area contributed by atoms with Gasteiger partial charge in [0.2, 0.25) is 0 Å². The fraction of sp³-hybridized carbons (Fsp3) is 0.200. The Morgan fingerprint density at radius 1 is 1.07 bits per heavy atom. The molecule has 0 saturated heterocycles. The molecule has 0 bridgehead atoms. The van der Waals surface area contributed by atoms with Crippen molar-refractivity contribution in [1.82, 2.24) is 10.2 Å². The highest BCUT2D eigenvalue weighted by atomic mass is 32.2. The van der Waals surface area contributed by atoms with Gasteiger partial charge in [0.25, 0.3) is 0 Å². The van der Waals surface area contributed by atoms with Gasteiger partial charge in [-0.25, -0.2) is 8.42 Å². The minimum absolute atomic E-state index is 0.0451. The molecule has 0 atom stereocenters. The van der Waals surface area contributed by atoms with Crippen LogP contribution in [0.3, 0.4) is 0 Å². The van der Waals surface area contributed by atoms with Crippen molar-refractivity contribution in [2.45, 2.75) is 11.9 Å². The maximum Gasteiger partial charge on any atom is 0.195 e. The van der Waals surface area contributed by atoms with Gasteiger partial charge in [0.05, 0.1) is 5.69 Å². The molecule has 5 heteroatoms. The van der Waals surface area contributed by atoms with Crippen LogP contribution in [0.4, 0.5) is 0 Å². The molecule has 2 rings (SSSR count). The predicted octanol–water partition coefficient (Wildman–Crippen LogP) is 1.34. The Hall–Kier alpha value is -1.49. The number of benzene rings is 1. The SMILES string of the molecule is Cc1nnc(S(C)(=O)=O)c2ccccc12. The number of hydrogen-bond acceptors (Lipinski definition) is 4. The van der Waals surface area contributed by atoms with Gasteiger partial charge in [0, 0.05) is 17.0 Å². The summed E-state index contributed by atoms with van der Waals surface area (Å²) < 4.78 is 22.9. The van der Waals surface area contributed by atoms with E-state index in [2.05, 4.69) is 10.2 Å². The summed E-state index contributed by atoms with van der Waals surface area (Å²) >= 11 is 0. The topological polar surface area (TPSA) is 59.9 Å². The summed E-state index contributed by atoms with van der Waals surface area (Å²) in [7, 11) is -3.32. The number of rotatable bonds is 1. The number of aryl methyl sites for hydroxylation is 1. The van der Waals surface area contributed by atoms with Gasteiger partial charge in [-0.2, -0.15) is 5.10 Å². The van der Waals surface area contributed by atoms with Gasteiger partial charge in [0.15, 0.2) is 14.9 Å². The molecule has 0 N–H and O–H groups in total. The third-order valence-electron chi connectivity index (χ3n) is 2.19. The second-order valence-corrected chi connectivity index (χ2v) is 5.34. The van der Waals surface area contributed by atoms with Crippen LogP contribution in [0, 0.1) is 6.92 Å². The highest BCUT2D eigenvalue weighted by Gasteiger charge is 2.15. The summed E-state index contributed by atoms with van der Waals surface area (Å²) in [5, 5.41) is 9.09. The Bertz CT molecular complexity index is 620. The van der Waals surface area contributed by atoms with Crippen molar-refractivity contribution in [2.75, 3.05) is 6.26 Å². The van der Waals surface area contributed by atoms with E-state index in [0.717, 1.165) is 17.3 Å². The lowest BCUT2D eigenvalue weighted by atomic mass is 10.1. The number of fused-ring (bicyclic) bond motifs is 1. The summed E-state index contributed by atoms with van der Waals surface area (Å²) in [4.78, 5) is 0. The zero-order chi connectivity index (χ0) is 11.1. The monoisotopic (exact) mass is 222 g/mol. The first-order valence-electron chi connectivity index (χ1n) is 4.42. The average Bonchev–Trinajstić information content (AvgIpc) is 2.17. The summed E-state index contributed by atoms with van der Waals surface area (Å²) in [6, 6.07) is 7.22. The second-order valence-electron chi connectivity index (χ2n) is 3.41. The molecule has 15 heavy (non-hydrogen) atoms. The number of aromatic nitrogens is 2. The fourth-order valence-corrected chi connectivity index (χ4v) is 2.25. The predicted molar refractivity (Wildman–Crippen MR) is 57.4 cm³/mol. The lowest BCUT2D eigenvalue weighted by Gasteiger charge is -2.04. The van der Waals surface area contributed by atoms with Crippen molar-refractivity contribution in [2.24, 2.45) is 0 Å². The Kier molecular flexibility index (Phi) is 2.19. The first-order valence-corrected chi connectivity index (χ1v) is 6.31. The van der Waals surface area contributed by atoms with Gasteiger partial charge >= 0.3 is 0 Å². The Morgan fingerprint density at radius 3 is 2.27 bits per heavy atom. The van der Waals surface area contributed by atoms with Gasteiger partial charge in [0.1, 0.15) is 0 Å². The van der Waals surface area contributed by atoms with E-state index >= 15 is 0 Å². The van der Waals surface area contributed by atoms with Crippen LogP contribution in [0.5, 0.6) is 0 Å². The van der Waals surface area contributed by atoms with Crippen molar-refractivity contribution in [1.29, 1.82) is 0 Å². The van der Waals surface area contributed by atoms with E-state index in [0.29, 0.717) is 5.39 Å². The van der Waals surface area contributed by atoms with Gasteiger partial charge < -0.3 is 0 Å². The molecule has 0 amide bonds. The molecule has 0 aliphatic carbocycles. The van der Waals surface area contributed by atoms with E-state index < -0.39 is 9.84 Å². The van der Waals surface area contributed by atoms with Crippen LogP contribution >= 0.6 is 0 Å². The first-order chi connectivity index (χ1) is 7.00. The molecular weight excluding hydrogens is 212 g/mol. The van der Waals surface area contributed by atoms with Gasteiger partial charge in [-0.05, 0) is 6.92 Å². The molecule has 0 aliphatic rings. The lowest BCUT2D eigenvalue weighted by molar-refractivity contribution is 0.597. The van der Waals surface area contributed by atoms with E-state index in [1.165, 1.54) is 0 Å². The molecule has 78 valence electrons. The molecule has 0 spiro atoms. The number of hydrogen-bond donors (Lipinski definition) is 0. The van der Waals surface area contributed by atoms with Crippen molar-refractivity contribution in [3.05, 3.63) is 30.0 Å². The highest BCUT2D eigenvalue weighted by molar-refractivity contribution is 7.90. The quantitative estimate of drug-likeness (QED) is 0.730. The molecule has 0 saturated carbocycles. The molecule has 0 fully saturated rings. The minimum Gasteiger partial charge on any atom is -0.222 e. The maximum absolute atomic E-state index is 11.5. The Morgan fingerprint density at radius 2 is 1.67 bits per heavy atom. The Balaban J connectivity index is 2.96. The summed E-state index contributed by atoms with van der Waals surface area (Å²) in [6.07, 6.45) is 1.14. The van der Waals surface area contributed by atoms with Gasteiger partial charge in [-0.15, -0.1) is 5.10 Å². The van der Waals surface area contributed by atoms with Crippen LogP contribution in [-0.2, 0) is 9.84 Å². The van der Waals surface area contributed by atoms with E-state index in [9.17, 15) is 8.42 Å². The van der Waals surface area contributed by atoms with Crippen molar-refractivity contribution >= 4 is 20.6 Å². The van der Waals surface area contributed by atoms with Crippen LogP contribution in [0.25, 0.3) is 10.8 Å². The smallest absolute Gasteiger partial charge is 0.195 e. The lowest BCUT2D eigenvalue weighted by Crippen LogP contribution is -2.04. The number of sulfone groups is 1. The molecule has 1 heterocycles. The normalized spacial score (nSPS) is 11.9. The highest BCUT2D eigenvalue weighted by Crippen LogP contribution is 2.21. The molecule has 2 aromatic rings. The van der Waals surface area contributed by atoms with Crippen LogP contribution in [0.15, 0.2) is 29.3 Å². The maximum atomic E-state index is 11.5. The van der Waals surface area contributed by atoms with E-state index in [4.69, 9.17) is 0 Å². The second kappa shape index (κ2) is 3.27. The summed E-state index contributed by atoms with van der Waals surface area (Å²) in [5.41, 5.74) is 0.734. The molecule has 0 aliphatic heterocycles. The average molecular weight is 222 g/mol. The third kappa shape index (κ3) is 1.70. The third-order valence-corrected chi connectivity index (χ3v) is 3.19. The minimum atomic E-state index is -3.32. The van der Waals surface area contributed by atoms with Crippen LogP contribution in [0.1, 0.15) is 5.69 Å². The molecule has 4 nitrogen and oxygen atoms in total. The fourth-order valence-electron chi connectivity index (χ4n) is 1.49. The molecule has 1 aromatic carbocycles.